The van der Waals surface area contributed by atoms with Gasteiger partial charge in [-0.15, -0.1) is 0 Å². The molecule has 0 aromatic heterocycles. The smallest absolute Gasteiger partial charge is 0.410 e. The fourth-order valence-corrected chi connectivity index (χ4v) is 116. The van der Waals surface area contributed by atoms with Gasteiger partial charge < -0.3 is 14.4 Å². The molecule has 4 nitrogen and oxygen atoms in total. The van der Waals surface area contributed by atoms with Crippen LogP contribution < -0.4 is 0 Å². The topological polar surface area (TPSA) is 38.8 Å². The zero-order chi connectivity index (χ0) is 25.7. The highest BCUT2D eigenvalue weighted by molar-refractivity contribution is 8.50. The van der Waals surface area contributed by atoms with E-state index in [4.69, 9.17) is 9.47 Å². The Balaban J connectivity index is 3.25. The largest absolute Gasteiger partial charge is 0.450 e. The van der Waals surface area contributed by atoms with Crippen LogP contribution in [0.4, 0.5) is 4.79 Å². The number of nitrogens with zero attached hydrogens (tertiary/aromatic N) is 1. The second-order valence-corrected chi connectivity index (χ2v) is 58.3. The highest BCUT2D eigenvalue weighted by Crippen LogP contribution is 2.44. The average molecular weight is 544 g/mol. The molecule has 190 valence electrons. The number of amides is 1. The fraction of sp³-hybridized carbons (Fsp3) is 0.708. The fourth-order valence-electron chi connectivity index (χ4n) is 6.41. The van der Waals surface area contributed by atoms with E-state index in [0.717, 1.165) is 11.3 Å². The summed E-state index contributed by atoms with van der Waals surface area (Å²) < 4.78 is 11.4. The molecule has 0 bridgehead atoms. The number of methoxy groups -OCH3 is 1. The molecule has 1 rings (SSSR count). The number of hydrogen-bond donors (Lipinski definition) is 0. The number of rotatable bonds is 12. The molecule has 0 aliphatic heterocycles. The highest BCUT2D eigenvalue weighted by Gasteiger charge is 2.62. The normalized spacial score (nSPS) is 15.2. The minimum Gasteiger partial charge on any atom is -0.450 e. The maximum absolute atomic E-state index is 13.1. The summed E-state index contributed by atoms with van der Waals surface area (Å²) in [6.07, 6.45) is -0.418. The Hall–Kier alpha value is -0.332. The van der Waals surface area contributed by atoms with Crippen molar-refractivity contribution < 1.29 is 14.3 Å². The lowest BCUT2D eigenvalue weighted by Crippen LogP contribution is -2.81. The van der Waals surface area contributed by atoms with Crippen molar-refractivity contribution in [3.63, 3.8) is 0 Å². The SMILES string of the molecule is CCOC(=O)N(CCS[Si]([Si](C)(C)C)([Si](C)(C)C)[Si](C)(C)C)[C@H](C)[C@H](OC)c1ccccc1. The third-order valence-corrected chi connectivity index (χ3v) is 95.6. The van der Waals surface area contributed by atoms with Crippen molar-refractivity contribution in [2.75, 3.05) is 26.0 Å². The van der Waals surface area contributed by atoms with Gasteiger partial charge in [0, 0.05) is 42.2 Å². The van der Waals surface area contributed by atoms with Crippen LogP contribution in [0.2, 0.25) is 58.9 Å². The van der Waals surface area contributed by atoms with Crippen molar-refractivity contribution in [2.45, 2.75) is 84.9 Å². The van der Waals surface area contributed by atoms with Crippen molar-refractivity contribution >= 4 is 45.9 Å². The van der Waals surface area contributed by atoms with Gasteiger partial charge in [-0.3, -0.25) is 0 Å². The first-order chi connectivity index (χ1) is 15.0. The maximum atomic E-state index is 13.1. The molecular weight excluding hydrogens is 495 g/mol. The van der Waals surface area contributed by atoms with Gasteiger partial charge >= 0.3 is 6.09 Å². The van der Waals surface area contributed by atoms with Gasteiger partial charge in [0.15, 0.2) is 0 Å². The van der Waals surface area contributed by atoms with Crippen molar-refractivity contribution in [3.8, 4) is 0 Å². The molecular formula is C24H49NO3SSi4. The molecule has 9 heteroatoms. The summed E-state index contributed by atoms with van der Waals surface area (Å²) in [7, 11) is -2.37. The zero-order valence-electron chi connectivity index (χ0n) is 23.2. The van der Waals surface area contributed by atoms with E-state index in [2.05, 4.69) is 89.2 Å². The van der Waals surface area contributed by atoms with Gasteiger partial charge in [-0.2, -0.15) is 11.2 Å². The molecule has 1 aromatic carbocycles. The second kappa shape index (κ2) is 12.1. The van der Waals surface area contributed by atoms with Crippen LogP contribution in [0, 0.1) is 0 Å². The molecule has 1 amide bonds. The summed E-state index contributed by atoms with van der Waals surface area (Å²) in [5.41, 5.74) is 1.09. The Morgan fingerprint density at radius 1 is 0.939 bits per heavy atom. The first-order valence-electron chi connectivity index (χ1n) is 12.2. The van der Waals surface area contributed by atoms with Crippen molar-refractivity contribution in [3.05, 3.63) is 35.9 Å². The van der Waals surface area contributed by atoms with E-state index < -0.39 is 28.6 Å². The molecule has 0 aliphatic rings. The van der Waals surface area contributed by atoms with Crippen molar-refractivity contribution in [1.29, 1.82) is 0 Å². The third-order valence-electron chi connectivity index (χ3n) is 6.63. The lowest BCUT2D eigenvalue weighted by Gasteiger charge is -2.56. The minimum absolute atomic E-state index is 0.112. The molecule has 33 heavy (non-hydrogen) atoms. The molecule has 2 atom stereocenters. The van der Waals surface area contributed by atoms with Gasteiger partial charge in [0.25, 0.3) is 0 Å². The maximum Gasteiger partial charge on any atom is 0.410 e. The van der Waals surface area contributed by atoms with Gasteiger partial charge in [-0.1, -0.05) is 89.3 Å². The Morgan fingerprint density at radius 3 is 1.82 bits per heavy atom. The van der Waals surface area contributed by atoms with Crippen LogP contribution in [-0.2, 0) is 9.47 Å². The molecule has 0 saturated carbocycles. The molecule has 0 fully saturated rings. The van der Waals surface area contributed by atoms with E-state index in [1.54, 1.807) is 7.11 Å². The van der Waals surface area contributed by atoms with E-state index >= 15 is 0 Å². The van der Waals surface area contributed by atoms with Crippen LogP contribution >= 0.6 is 11.2 Å². The summed E-state index contributed by atoms with van der Waals surface area (Å²) in [4.78, 5) is 15.0. The Bertz CT molecular complexity index is 709. The van der Waals surface area contributed by atoms with E-state index in [9.17, 15) is 4.79 Å². The van der Waals surface area contributed by atoms with Crippen LogP contribution in [0.25, 0.3) is 0 Å². The van der Waals surface area contributed by atoms with Crippen molar-refractivity contribution in [2.24, 2.45) is 0 Å². The van der Waals surface area contributed by atoms with Crippen molar-refractivity contribution in [1.82, 2.24) is 4.90 Å². The third kappa shape index (κ3) is 7.10. The first kappa shape index (κ1) is 30.7. The Morgan fingerprint density at radius 2 is 1.42 bits per heavy atom. The number of ether oxygens (including phenoxy) is 2. The van der Waals surface area contributed by atoms with Crippen LogP contribution in [0.5, 0.6) is 0 Å². The van der Waals surface area contributed by atoms with Gasteiger partial charge in [-0.05, 0) is 19.4 Å². The quantitative estimate of drug-likeness (QED) is 0.262. The Kier molecular flexibility index (Phi) is 11.2. The molecule has 0 heterocycles. The van der Waals surface area contributed by atoms with E-state index in [-0.39, 0.29) is 18.2 Å². The van der Waals surface area contributed by atoms with Crippen LogP contribution in [0.1, 0.15) is 25.5 Å². The molecule has 0 N–H and O–H groups in total. The predicted molar refractivity (Wildman–Crippen MR) is 158 cm³/mol. The molecule has 0 saturated heterocycles. The number of benzene rings is 1. The summed E-state index contributed by atoms with van der Waals surface area (Å²) in [5, 5.41) is 0. The van der Waals surface area contributed by atoms with Gasteiger partial charge in [0.1, 0.15) is 6.10 Å². The molecule has 0 aliphatic carbocycles. The van der Waals surface area contributed by atoms with E-state index in [1.807, 2.05) is 30.0 Å². The van der Waals surface area contributed by atoms with Gasteiger partial charge in [0.05, 0.1) is 18.4 Å². The highest BCUT2D eigenvalue weighted by atomic mass is 32.4. The predicted octanol–water partition coefficient (Wildman–Crippen LogP) is 7.15. The molecule has 1 aromatic rings. The van der Waals surface area contributed by atoms with Crippen LogP contribution in [-0.4, -0.2) is 71.6 Å². The van der Waals surface area contributed by atoms with Crippen LogP contribution in [0.15, 0.2) is 30.3 Å². The standard InChI is InChI=1S/C24H49NO3SSi4/c1-13-28-24(26)25(21(2)23(27-3)22-17-15-14-16-18-22)19-20-29-33(30(4,5)6,31(7,8)9)32(10,11)12/h14-18,21,23H,13,19-20H2,1-12H3/t21-,23+/m1/s1. The molecule has 0 unspecified atom stereocenters. The average Bonchev–Trinajstić information content (AvgIpc) is 2.66. The lowest BCUT2D eigenvalue weighted by molar-refractivity contribution is 0.0173. The summed E-state index contributed by atoms with van der Waals surface area (Å²) >= 11 is 2.32. The molecule has 0 spiro atoms. The molecule has 0 radical (unpaired) electrons. The summed E-state index contributed by atoms with van der Waals surface area (Å²) in [6.45, 7) is 28.6. The van der Waals surface area contributed by atoms with E-state index in [0.29, 0.717) is 13.2 Å². The summed E-state index contributed by atoms with van der Waals surface area (Å²) in [6, 6.07) is 10.1. The summed E-state index contributed by atoms with van der Waals surface area (Å²) in [5.74, 6) is -0.546. The zero-order valence-corrected chi connectivity index (χ0v) is 28.1. The Labute approximate surface area is 211 Å². The van der Waals surface area contributed by atoms with Crippen LogP contribution in [0.3, 0.4) is 0 Å². The van der Waals surface area contributed by atoms with Gasteiger partial charge in [-0.25, -0.2) is 4.79 Å². The lowest BCUT2D eigenvalue weighted by atomic mass is 10.0. The first-order valence-corrected chi connectivity index (χ1v) is 29.4. The minimum atomic E-state index is -1.53. The van der Waals surface area contributed by atoms with Gasteiger partial charge in [0.2, 0.25) is 0 Å². The second-order valence-electron chi connectivity index (χ2n) is 12.0. The number of carbonyl (C=O) groups is 1. The monoisotopic (exact) mass is 543 g/mol. The number of carbonyl (C=O) groups excluding carboxylic acids is 1. The van der Waals surface area contributed by atoms with E-state index in [1.165, 1.54) is 0 Å². The number of hydrogen-bond acceptors (Lipinski definition) is 4.